The maximum atomic E-state index is 14.1. The molecule has 0 saturated carbocycles. The van der Waals surface area contributed by atoms with Gasteiger partial charge in [-0.2, -0.15) is 4.31 Å². The summed E-state index contributed by atoms with van der Waals surface area (Å²) in [5.74, 6) is -1.78. The first-order valence-corrected chi connectivity index (χ1v) is 10.9. The molecule has 0 aliphatic carbocycles. The van der Waals surface area contributed by atoms with E-state index in [1.54, 1.807) is 36.5 Å². The van der Waals surface area contributed by atoms with Crippen LogP contribution in [0.4, 0.5) is 4.39 Å². The van der Waals surface area contributed by atoms with Gasteiger partial charge in [-0.3, -0.25) is 4.98 Å². The summed E-state index contributed by atoms with van der Waals surface area (Å²) in [7, 11) is -3.97. The molecule has 2 aromatic carbocycles. The van der Waals surface area contributed by atoms with Crippen molar-refractivity contribution in [3.05, 3.63) is 89.5 Å². The van der Waals surface area contributed by atoms with Gasteiger partial charge in [0.25, 0.3) is 0 Å². The van der Waals surface area contributed by atoms with Gasteiger partial charge in [-0.15, -0.1) is 0 Å². The van der Waals surface area contributed by atoms with Crippen LogP contribution < -0.4 is 4.74 Å². The Bertz CT molecular complexity index is 1150. The Hall–Kier alpha value is -3.30. The Kier molecular flexibility index (Phi) is 6.98. The molecule has 0 atom stereocenters. The lowest BCUT2D eigenvalue weighted by atomic mass is 10.1. The summed E-state index contributed by atoms with van der Waals surface area (Å²) in [6.07, 6.45) is 1.55. The maximum Gasteiger partial charge on any atom is 0.338 e. The normalized spacial score (nSPS) is 11.5. The predicted molar refractivity (Wildman–Crippen MR) is 112 cm³/mol. The van der Waals surface area contributed by atoms with Crippen molar-refractivity contribution in [2.45, 2.75) is 24.9 Å². The van der Waals surface area contributed by atoms with Crippen LogP contribution in [-0.2, 0) is 23.1 Å². The molecule has 1 aromatic heterocycles. The lowest BCUT2D eigenvalue weighted by molar-refractivity contribution is 0.0692. The number of halogens is 1. The number of sulfonamides is 1. The van der Waals surface area contributed by atoms with Crippen LogP contribution >= 0.6 is 0 Å². The number of nitrogens with zero attached hydrogens (tertiary/aromatic N) is 2. The van der Waals surface area contributed by atoms with E-state index < -0.39 is 27.4 Å². The SMILES string of the molecule is CCOc1ccc(S(=O)(=O)N(Cc2ccc(C(=O)O)c(F)c2)Cc2ccccn2)cc1. The van der Waals surface area contributed by atoms with Gasteiger partial charge in [0.1, 0.15) is 11.6 Å². The minimum Gasteiger partial charge on any atom is -0.494 e. The van der Waals surface area contributed by atoms with Gasteiger partial charge >= 0.3 is 5.97 Å². The minimum atomic E-state index is -3.97. The van der Waals surface area contributed by atoms with E-state index >= 15 is 0 Å². The average Bonchev–Trinajstić information content (AvgIpc) is 2.74. The molecule has 0 fully saturated rings. The molecule has 7 nitrogen and oxygen atoms in total. The van der Waals surface area contributed by atoms with Crippen LogP contribution in [0.15, 0.2) is 71.8 Å². The Morgan fingerprint density at radius 1 is 1.10 bits per heavy atom. The molecular weight excluding hydrogens is 423 g/mol. The highest BCUT2D eigenvalue weighted by atomic mass is 32.2. The van der Waals surface area contributed by atoms with Gasteiger partial charge < -0.3 is 9.84 Å². The van der Waals surface area contributed by atoms with Gasteiger partial charge in [0.2, 0.25) is 10.0 Å². The summed E-state index contributed by atoms with van der Waals surface area (Å²) in [5.41, 5.74) is 0.349. The highest BCUT2D eigenvalue weighted by molar-refractivity contribution is 7.89. The van der Waals surface area contributed by atoms with Crippen molar-refractivity contribution in [3.8, 4) is 5.75 Å². The highest BCUT2D eigenvalue weighted by Crippen LogP contribution is 2.24. The Morgan fingerprint density at radius 3 is 2.42 bits per heavy atom. The van der Waals surface area contributed by atoms with Crippen molar-refractivity contribution in [2.24, 2.45) is 0 Å². The smallest absolute Gasteiger partial charge is 0.338 e. The fourth-order valence-corrected chi connectivity index (χ4v) is 4.36. The quantitative estimate of drug-likeness (QED) is 0.541. The van der Waals surface area contributed by atoms with Gasteiger partial charge in [-0.25, -0.2) is 17.6 Å². The molecule has 0 aliphatic rings. The molecule has 1 heterocycles. The van der Waals surface area contributed by atoms with Crippen LogP contribution in [0.5, 0.6) is 5.75 Å². The van der Waals surface area contributed by atoms with Gasteiger partial charge in [0.15, 0.2) is 0 Å². The second-order valence-corrected chi connectivity index (χ2v) is 8.56. The van der Waals surface area contributed by atoms with E-state index in [-0.39, 0.29) is 18.0 Å². The monoisotopic (exact) mass is 444 g/mol. The van der Waals surface area contributed by atoms with Gasteiger partial charge in [0.05, 0.1) is 29.3 Å². The lowest BCUT2D eigenvalue weighted by Gasteiger charge is -2.22. The largest absolute Gasteiger partial charge is 0.494 e. The summed E-state index contributed by atoms with van der Waals surface area (Å²) in [4.78, 5) is 15.3. The summed E-state index contributed by atoms with van der Waals surface area (Å²) >= 11 is 0. The fourth-order valence-electron chi connectivity index (χ4n) is 2.96. The number of aromatic carboxylic acids is 1. The summed E-state index contributed by atoms with van der Waals surface area (Å²) < 4.78 is 47.3. The highest BCUT2D eigenvalue weighted by Gasteiger charge is 2.26. The number of pyridine rings is 1. The molecule has 0 saturated heterocycles. The van der Waals surface area contributed by atoms with E-state index in [1.807, 2.05) is 6.92 Å². The number of ether oxygens (including phenoxy) is 1. The van der Waals surface area contributed by atoms with Crippen LogP contribution in [0.2, 0.25) is 0 Å². The number of rotatable bonds is 9. The average molecular weight is 444 g/mol. The van der Waals surface area contributed by atoms with Crippen molar-refractivity contribution in [1.29, 1.82) is 0 Å². The van der Waals surface area contributed by atoms with Crippen molar-refractivity contribution < 1.29 is 27.4 Å². The number of carbonyl (C=O) groups is 1. The van der Waals surface area contributed by atoms with Crippen molar-refractivity contribution in [2.75, 3.05) is 6.61 Å². The molecule has 3 aromatic rings. The van der Waals surface area contributed by atoms with Crippen molar-refractivity contribution in [1.82, 2.24) is 9.29 Å². The van der Waals surface area contributed by atoms with E-state index in [9.17, 15) is 17.6 Å². The molecule has 31 heavy (non-hydrogen) atoms. The first kappa shape index (κ1) is 22.4. The van der Waals surface area contributed by atoms with Crippen LogP contribution in [0.1, 0.15) is 28.5 Å². The lowest BCUT2D eigenvalue weighted by Crippen LogP contribution is -2.30. The Labute approximate surface area is 179 Å². The number of benzene rings is 2. The van der Waals surface area contributed by atoms with E-state index in [0.717, 1.165) is 12.1 Å². The van der Waals surface area contributed by atoms with E-state index in [4.69, 9.17) is 9.84 Å². The molecule has 0 bridgehead atoms. The van der Waals surface area contributed by atoms with E-state index in [0.29, 0.717) is 23.6 Å². The van der Waals surface area contributed by atoms with Gasteiger partial charge in [-0.05, 0) is 61.0 Å². The Morgan fingerprint density at radius 2 is 1.84 bits per heavy atom. The number of aromatic nitrogens is 1. The van der Waals surface area contributed by atoms with Crippen molar-refractivity contribution >= 4 is 16.0 Å². The van der Waals surface area contributed by atoms with Gasteiger partial charge in [0, 0.05) is 12.7 Å². The number of hydrogen-bond acceptors (Lipinski definition) is 5. The summed E-state index contributed by atoms with van der Waals surface area (Å²) in [6.45, 7) is 2.07. The molecule has 0 amide bonds. The van der Waals surface area contributed by atoms with Gasteiger partial charge in [-0.1, -0.05) is 12.1 Å². The third-order valence-corrected chi connectivity index (χ3v) is 6.27. The minimum absolute atomic E-state index is 0.0430. The molecule has 162 valence electrons. The molecule has 0 aliphatic heterocycles. The first-order valence-electron chi connectivity index (χ1n) is 9.46. The number of hydrogen-bond donors (Lipinski definition) is 1. The zero-order valence-electron chi connectivity index (χ0n) is 16.7. The second-order valence-electron chi connectivity index (χ2n) is 6.62. The summed E-state index contributed by atoms with van der Waals surface area (Å²) in [5, 5.41) is 9.01. The zero-order valence-corrected chi connectivity index (χ0v) is 17.5. The van der Waals surface area contributed by atoms with Crippen LogP contribution in [-0.4, -0.2) is 35.4 Å². The standard InChI is InChI=1S/C22H21FN2O5S/c1-2-30-18-7-9-19(10-8-18)31(28,29)25(15-17-5-3-4-12-24-17)14-16-6-11-20(22(26)27)21(23)13-16/h3-13H,2,14-15H2,1H3,(H,26,27). The molecule has 0 spiro atoms. The Balaban J connectivity index is 1.95. The van der Waals surface area contributed by atoms with E-state index in [2.05, 4.69) is 4.98 Å². The topological polar surface area (TPSA) is 96.8 Å². The third-order valence-electron chi connectivity index (χ3n) is 4.46. The van der Waals surface area contributed by atoms with Crippen LogP contribution in [0, 0.1) is 5.82 Å². The maximum absolute atomic E-state index is 14.1. The number of carboxylic acid groups (broad SMARTS) is 1. The second kappa shape index (κ2) is 9.67. The third kappa shape index (κ3) is 5.44. The van der Waals surface area contributed by atoms with Crippen LogP contribution in [0.25, 0.3) is 0 Å². The van der Waals surface area contributed by atoms with Crippen LogP contribution in [0.3, 0.4) is 0 Å². The molecule has 3 rings (SSSR count). The fraction of sp³-hybridized carbons (Fsp3) is 0.182. The van der Waals surface area contributed by atoms with E-state index in [1.165, 1.54) is 22.5 Å². The molecular formula is C22H21FN2O5S. The molecule has 9 heteroatoms. The van der Waals surface area contributed by atoms with Crippen molar-refractivity contribution in [3.63, 3.8) is 0 Å². The first-order chi connectivity index (χ1) is 14.8. The molecule has 1 N–H and O–H groups in total. The molecule has 0 unspecified atom stereocenters. The number of carboxylic acids is 1. The summed E-state index contributed by atoms with van der Waals surface area (Å²) in [6, 6.07) is 14.7. The predicted octanol–water partition coefficient (Wildman–Crippen LogP) is 3.71. The molecule has 0 radical (unpaired) electrons. The zero-order chi connectivity index (χ0) is 22.4.